The highest BCUT2D eigenvalue weighted by molar-refractivity contribution is 5.93. The maximum atomic E-state index is 11.4. The first-order valence-electron chi connectivity index (χ1n) is 6.54. The molecule has 2 aromatic rings. The Labute approximate surface area is 117 Å². The summed E-state index contributed by atoms with van der Waals surface area (Å²) in [5, 5.41) is 6.77. The normalized spacial score (nSPS) is 10.3. The van der Waals surface area contributed by atoms with Crippen LogP contribution in [-0.4, -0.2) is 22.7 Å². The topological polar surface area (TPSA) is 93.0 Å². The second kappa shape index (κ2) is 6.72. The van der Waals surface area contributed by atoms with E-state index in [0.717, 1.165) is 24.2 Å². The highest BCUT2D eigenvalue weighted by atomic mass is 16.5. The number of para-hydroxylation sites is 1. The van der Waals surface area contributed by atoms with E-state index in [1.54, 1.807) is 6.07 Å². The molecule has 4 N–H and O–H groups in total. The molecule has 0 fully saturated rings. The zero-order valence-electron chi connectivity index (χ0n) is 11.3. The molecule has 1 aromatic heterocycles. The minimum atomic E-state index is -0.409. The molecule has 106 valence electrons. The van der Waals surface area contributed by atoms with Gasteiger partial charge in [-0.15, -0.1) is 0 Å². The number of nitrogens with two attached hydrogens (primary N) is 1. The summed E-state index contributed by atoms with van der Waals surface area (Å²) in [5.41, 5.74) is 3.86. The lowest BCUT2D eigenvalue weighted by Gasteiger charge is -2.09. The second-order valence-corrected chi connectivity index (χ2v) is 4.34. The molecule has 0 saturated heterocycles. The van der Waals surface area contributed by atoms with E-state index in [1.807, 2.05) is 24.3 Å². The van der Waals surface area contributed by atoms with Gasteiger partial charge in [0.15, 0.2) is 0 Å². The Bertz CT molecular complexity index is 580. The fraction of sp³-hybridized carbons (Fsp3) is 0.286. The van der Waals surface area contributed by atoms with Crippen LogP contribution in [0.2, 0.25) is 0 Å². The van der Waals surface area contributed by atoms with Gasteiger partial charge in [0, 0.05) is 5.56 Å². The number of ether oxygens (including phenoxy) is 1. The molecule has 0 unspecified atom stereocenters. The third-order valence-electron chi connectivity index (χ3n) is 2.87. The number of hydrazine groups is 1. The minimum Gasteiger partial charge on any atom is -0.493 e. The van der Waals surface area contributed by atoms with E-state index in [0.29, 0.717) is 18.0 Å². The van der Waals surface area contributed by atoms with Gasteiger partial charge >= 0.3 is 0 Å². The van der Waals surface area contributed by atoms with Crippen LogP contribution < -0.4 is 16.0 Å². The number of carbonyl (C=O) groups is 1. The average Bonchev–Trinajstić information content (AvgIpc) is 2.97. The zero-order chi connectivity index (χ0) is 14.4. The summed E-state index contributed by atoms with van der Waals surface area (Å²) >= 11 is 0. The summed E-state index contributed by atoms with van der Waals surface area (Å²) in [6.45, 7) is 2.77. The smallest absolute Gasteiger partial charge is 0.283 e. The average molecular weight is 274 g/mol. The molecule has 0 bridgehead atoms. The van der Waals surface area contributed by atoms with Crippen molar-refractivity contribution in [1.82, 2.24) is 15.6 Å². The number of nitrogens with one attached hydrogen (secondary N) is 2. The Balaban J connectivity index is 2.23. The van der Waals surface area contributed by atoms with Crippen LogP contribution in [0.1, 0.15) is 30.3 Å². The highest BCUT2D eigenvalue weighted by Crippen LogP contribution is 2.28. The first kappa shape index (κ1) is 14.1. The molecular weight excluding hydrogens is 256 g/mol. The molecule has 6 heteroatoms. The van der Waals surface area contributed by atoms with Gasteiger partial charge in [0.2, 0.25) is 0 Å². The molecule has 1 aromatic carbocycles. The molecule has 1 heterocycles. The Morgan fingerprint density at radius 3 is 3.00 bits per heavy atom. The van der Waals surface area contributed by atoms with Crippen molar-refractivity contribution in [3.63, 3.8) is 0 Å². The molecule has 6 nitrogen and oxygen atoms in total. The maximum absolute atomic E-state index is 11.4. The van der Waals surface area contributed by atoms with Crippen molar-refractivity contribution < 1.29 is 9.53 Å². The van der Waals surface area contributed by atoms with Gasteiger partial charge in [-0.25, -0.2) is 5.84 Å². The first-order valence-corrected chi connectivity index (χ1v) is 6.54. The number of hydrogen-bond donors (Lipinski definition) is 3. The predicted molar refractivity (Wildman–Crippen MR) is 76.1 cm³/mol. The summed E-state index contributed by atoms with van der Waals surface area (Å²) < 4.78 is 5.75. The van der Waals surface area contributed by atoms with Crippen LogP contribution in [-0.2, 0) is 0 Å². The largest absolute Gasteiger partial charge is 0.493 e. The fourth-order valence-corrected chi connectivity index (χ4v) is 1.78. The zero-order valence-corrected chi connectivity index (χ0v) is 11.3. The van der Waals surface area contributed by atoms with Crippen LogP contribution in [0.4, 0.5) is 0 Å². The number of rotatable bonds is 6. The maximum Gasteiger partial charge on any atom is 0.283 e. The van der Waals surface area contributed by atoms with Crippen molar-refractivity contribution in [3.8, 4) is 17.0 Å². The van der Waals surface area contributed by atoms with Gasteiger partial charge in [-0.2, -0.15) is 5.10 Å². The van der Waals surface area contributed by atoms with Crippen molar-refractivity contribution in [1.29, 1.82) is 0 Å². The van der Waals surface area contributed by atoms with Gasteiger partial charge in [0.25, 0.3) is 5.91 Å². The number of hydrogen-bond acceptors (Lipinski definition) is 4. The number of aromatic amines is 1. The second-order valence-electron chi connectivity index (χ2n) is 4.34. The lowest BCUT2D eigenvalue weighted by molar-refractivity contribution is 0.0948. The Morgan fingerprint density at radius 2 is 2.25 bits per heavy atom. The summed E-state index contributed by atoms with van der Waals surface area (Å²) in [7, 11) is 0. The van der Waals surface area contributed by atoms with Gasteiger partial charge in [-0.1, -0.05) is 25.5 Å². The third-order valence-corrected chi connectivity index (χ3v) is 2.87. The van der Waals surface area contributed by atoms with Gasteiger partial charge in [-0.05, 0) is 24.6 Å². The summed E-state index contributed by atoms with van der Waals surface area (Å²) in [6.07, 6.45) is 2.07. The van der Waals surface area contributed by atoms with Gasteiger partial charge in [-0.3, -0.25) is 15.3 Å². The summed E-state index contributed by atoms with van der Waals surface area (Å²) in [6, 6.07) is 9.25. The van der Waals surface area contributed by atoms with E-state index in [2.05, 4.69) is 22.5 Å². The first-order chi connectivity index (χ1) is 9.76. The van der Waals surface area contributed by atoms with Crippen molar-refractivity contribution in [3.05, 3.63) is 36.0 Å². The van der Waals surface area contributed by atoms with E-state index < -0.39 is 5.91 Å². The lowest BCUT2D eigenvalue weighted by Crippen LogP contribution is -2.30. The van der Waals surface area contributed by atoms with Crippen LogP contribution in [0.3, 0.4) is 0 Å². The van der Waals surface area contributed by atoms with Crippen LogP contribution >= 0.6 is 0 Å². The molecule has 20 heavy (non-hydrogen) atoms. The van der Waals surface area contributed by atoms with E-state index >= 15 is 0 Å². The van der Waals surface area contributed by atoms with Crippen LogP contribution in [0, 0.1) is 0 Å². The number of carbonyl (C=O) groups excluding carboxylic acids is 1. The third kappa shape index (κ3) is 3.16. The quantitative estimate of drug-likeness (QED) is 0.324. The SMILES string of the molecule is CCCCOc1ccccc1-c1cc(C(=O)NN)[nH]n1. The van der Waals surface area contributed by atoms with Crippen LogP contribution in [0.5, 0.6) is 5.75 Å². The number of nitrogen functional groups attached to an aromatic ring is 1. The molecule has 0 spiro atoms. The molecular formula is C14H18N4O2. The molecule has 0 aliphatic rings. The molecule has 0 aliphatic heterocycles. The molecule has 0 aliphatic carbocycles. The van der Waals surface area contributed by atoms with E-state index in [9.17, 15) is 4.79 Å². The van der Waals surface area contributed by atoms with E-state index in [4.69, 9.17) is 10.6 Å². The highest BCUT2D eigenvalue weighted by Gasteiger charge is 2.12. The fourth-order valence-electron chi connectivity index (χ4n) is 1.78. The molecule has 1 amide bonds. The van der Waals surface area contributed by atoms with Crippen LogP contribution in [0.15, 0.2) is 30.3 Å². The summed E-state index contributed by atoms with van der Waals surface area (Å²) in [5.74, 6) is 5.44. The lowest BCUT2D eigenvalue weighted by atomic mass is 10.1. The number of H-pyrrole nitrogens is 1. The molecule has 0 saturated carbocycles. The van der Waals surface area contributed by atoms with Crippen molar-refractivity contribution in [2.24, 2.45) is 5.84 Å². The van der Waals surface area contributed by atoms with Crippen molar-refractivity contribution in [2.75, 3.05) is 6.61 Å². The standard InChI is InChI=1S/C14H18N4O2/c1-2-3-8-20-13-7-5-4-6-10(13)11-9-12(18-17-11)14(19)16-15/h4-7,9H,2-3,8,15H2,1H3,(H,16,19)(H,17,18). The van der Waals surface area contributed by atoms with Gasteiger partial charge in [0.05, 0.1) is 12.3 Å². The van der Waals surface area contributed by atoms with E-state index in [1.165, 1.54) is 0 Å². The van der Waals surface area contributed by atoms with Crippen molar-refractivity contribution in [2.45, 2.75) is 19.8 Å². The molecule has 0 radical (unpaired) electrons. The summed E-state index contributed by atoms with van der Waals surface area (Å²) in [4.78, 5) is 11.4. The molecule has 2 rings (SSSR count). The number of benzene rings is 1. The monoisotopic (exact) mass is 274 g/mol. The van der Waals surface area contributed by atoms with E-state index in [-0.39, 0.29) is 0 Å². The van der Waals surface area contributed by atoms with Crippen LogP contribution in [0.25, 0.3) is 11.3 Å². The minimum absolute atomic E-state index is 0.311. The predicted octanol–water partition coefficient (Wildman–Crippen LogP) is 1.86. The van der Waals surface area contributed by atoms with Gasteiger partial charge in [0.1, 0.15) is 11.4 Å². The number of aromatic nitrogens is 2. The number of unbranched alkanes of at least 4 members (excludes halogenated alkanes) is 1. The Morgan fingerprint density at radius 1 is 1.45 bits per heavy atom. The number of nitrogens with zero attached hydrogens (tertiary/aromatic N) is 1. The van der Waals surface area contributed by atoms with Gasteiger partial charge < -0.3 is 4.74 Å². The molecule has 0 atom stereocenters. The van der Waals surface area contributed by atoms with Crippen molar-refractivity contribution >= 4 is 5.91 Å². The number of amides is 1. The Hall–Kier alpha value is -2.34. The Kier molecular flexibility index (Phi) is 4.73.